The summed E-state index contributed by atoms with van der Waals surface area (Å²) in [6.45, 7) is 4.13. The second-order valence-corrected chi connectivity index (χ2v) is 5.31. The predicted octanol–water partition coefficient (Wildman–Crippen LogP) is 2.83. The van der Waals surface area contributed by atoms with Gasteiger partial charge in [-0.1, -0.05) is 37.3 Å². The molecule has 0 aliphatic carbocycles. The second kappa shape index (κ2) is 6.02. The van der Waals surface area contributed by atoms with E-state index in [1.807, 2.05) is 42.9 Å². The molecule has 1 heterocycles. The first kappa shape index (κ1) is 13.8. The lowest BCUT2D eigenvalue weighted by molar-refractivity contribution is 0.155. The van der Waals surface area contributed by atoms with Crippen molar-refractivity contribution >= 4 is 0 Å². The Hall–Kier alpha value is -1.61. The number of benzene rings is 1. The molecule has 1 aromatic carbocycles. The number of hydrogen-bond acceptors (Lipinski definition) is 2. The molecule has 3 heteroatoms. The molecular formula is C16H22N2O. The average molecular weight is 258 g/mol. The molecule has 0 radical (unpaired) electrons. The summed E-state index contributed by atoms with van der Waals surface area (Å²) in [4.78, 5) is 0. The molecule has 102 valence electrons. The molecule has 0 aliphatic rings. The number of nitrogens with zero attached hydrogens (tertiary/aromatic N) is 2. The zero-order valence-corrected chi connectivity index (χ0v) is 11.9. The van der Waals surface area contributed by atoms with E-state index in [0.29, 0.717) is 12.3 Å². The minimum atomic E-state index is -0.329. The molecule has 2 atom stereocenters. The molecule has 2 aromatic rings. The average Bonchev–Trinajstić information content (AvgIpc) is 2.68. The zero-order valence-electron chi connectivity index (χ0n) is 11.9. The molecule has 0 bridgehead atoms. The maximum atomic E-state index is 10.2. The number of aliphatic hydroxyl groups excluding tert-OH is 1. The molecule has 0 fully saturated rings. The summed E-state index contributed by atoms with van der Waals surface area (Å²) >= 11 is 0. The third kappa shape index (κ3) is 3.67. The molecular weight excluding hydrogens is 236 g/mol. The predicted molar refractivity (Wildman–Crippen MR) is 77.1 cm³/mol. The lowest BCUT2D eigenvalue weighted by Crippen LogP contribution is -2.16. The van der Waals surface area contributed by atoms with E-state index in [0.717, 1.165) is 17.8 Å². The van der Waals surface area contributed by atoms with Gasteiger partial charge in [-0.2, -0.15) is 5.10 Å². The zero-order chi connectivity index (χ0) is 13.8. The monoisotopic (exact) mass is 258 g/mol. The molecule has 19 heavy (non-hydrogen) atoms. The number of aliphatic hydroxyl groups is 1. The van der Waals surface area contributed by atoms with Crippen molar-refractivity contribution in [1.82, 2.24) is 9.78 Å². The van der Waals surface area contributed by atoms with Gasteiger partial charge in [0.05, 0.1) is 11.8 Å². The fourth-order valence-electron chi connectivity index (χ4n) is 2.51. The van der Waals surface area contributed by atoms with E-state index in [2.05, 4.69) is 24.2 Å². The van der Waals surface area contributed by atoms with Crippen LogP contribution in [0.3, 0.4) is 0 Å². The van der Waals surface area contributed by atoms with Crippen molar-refractivity contribution in [3.05, 3.63) is 53.3 Å². The fourth-order valence-corrected chi connectivity index (χ4v) is 2.51. The van der Waals surface area contributed by atoms with Crippen LogP contribution in [0.5, 0.6) is 0 Å². The van der Waals surface area contributed by atoms with Gasteiger partial charge < -0.3 is 5.11 Å². The summed E-state index contributed by atoms with van der Waals surface area (Å²) in [6.07, 6.45) is 1.10. The van der Waals surface area contributed by atoms with Crippen LogP contribution in [0.2, 0.25) is 0 Å². The molecule has 2 rings (SSSR count). The van der Waals surface area contributed by atoms with Crippen molar-refractivity contribution < 1.29 is 5.11 Å². The summed E-state index contributed by atoms with van der Waals surface area (Å²) in [5, 5.41) is 14.5. The van der Waals surface area contributed by atoms with E-state index in [4.69, 9.17) is 0 Å². The topological polar surface area (TPSA) is 38.0 Å². The molecule has 0 amide bonds. The summed E-state index contributed by atoms with van der Waals surface area (Å²) in [5.74, 6) is 0.366. The molecule has 1 N–H and O–H groups in total. The Bertz CT molecular complexity index is 519. The number of aryl methyl sites for hydroxylation is 2. The third-order valence-electron chi connectivity index (χ3n) is 3.54. The van der Waals surface area contributed by atoms with Gasteiger partial charge in [0.15, 0.2) is 0 Å². The molecule has 0 aliphatic heterocycles. The fraction of sp³-hybridized carbons (Fsp3) is 0.438. The van der Waals surface area contributed by atoms with Crippen molar-refractivity contribution in [2.24, 2.45) is 7.05 Å². The lowest BCUT2D eigenvalue weighted by Gasteiger charge is -2.16. The van der Waals surface area contributed by atoms with Crippen molar-refractivity contribution in [2.75, 3.05) is 0 Å². The highest BCUT2D eigenvalue weighted by atomic mass is 16.3. The van der Waals surface area contributed by atoms with Gasteiger partial charge in [-0.25, -0.2) is 0 Å². The van der Waals surface area contributed by atoms with Crippen LogP contribution < -0.4 is 0 Å². The molecule has 2 unspecified atom stereocenters. The Labute approximate surface area is 114 Å². The van der Waals surface area contributed by atoms with Gasteiger partial charge >= 0.3 is 0 Å². The molecule has 0 saturated heterocycles. The van der Waals surface area contributed by atoms with E-state index in [1.165, 1.54) is 5.56 Å². The number of rotatable bonds is 5. The van der Waals surface area contributed by atoms with Crippen LogP contribution in [0.4, 0.5) is 0 Å². The Kier molecular flexibility index (Phi) is 4.38. The van der Waals surface area contributed by atoms with Gasteiger partial charge in [0.2, 0.25) is 0 Å². The highest BCUT2D eigenvalue weighted by molar-refractivity contribution is 5.19. The maximum Gasteiger partial charge on any atom is 0.0601 e. The van der Waals surface area contributed by atoms with Crippen LogP contribution in [0.25, 0.3) is 0 Å². The van der Waals surface area contributed by atoms with Gasteiger partial charge in [0, 0.05) is 19.2 Å². The van der Waals surface area contributed by atoms with Crippen molar-refractivity contribution in [3.63, 3.8) is 0 Å². The second-order valence-electron chi connectivity index (χ2n) is 5.31. The Morgan fingerprint density at radius 3 is 2.53 bits per heavy atom. The SMILES string of the molecule is Cc1cc(CC(O)CC(C)c2ccccc2)n(C)n1. The molecule has 3 nitrogen and oxygen atoms in total. The van der Waals surface area contributed by atoms with E-state index in [-0.39, 0.29) is 6.10 Å². The van der Waals surface area contributed by atoms with Crippen molar-refractivity contribution in [2.45, 2.75) is 38.7 Å². The van der Waals surface area contributed by atoms with E-state index in [9.17, 15) is 5.11 Å². The standard InChI is InChI=1S/C16H22N2O/c1-12(14-7-5-4-6-8-14)9-16(19)11-15-10-13(2)17-18(15)3/h4-8,10,12,16,19H,9,11H2,1-3H3. The van der Waals surface area contributed by atoms with E-state index < -0.39 is 0 Å². The lowest BCUT2D eigenvalue weighted by atomic mass is 9.93. The largest absolute Gasteiger partial charge is 0.393 e. The van der Waals surface area contributed by atoms with Crippen LogP contribution >= 0.6 is 0 Å². The minimum absolute atomic E-state index is 0.329. The summed E-state index contributed by atoms with van der Waals surface area (Å²) in [7, 11) is 1.93. The summed E-state index contributed by atoms with van der Waals surface area (Å²) in [5.41, 5.74) is 3.37. The summed E-state index contributed by atoms with van der Waals surface area (Å²) in [6, 6.07) is 12.4. The first-order chi connectivity index (χ1) is 9.06. The number of hydrogen-bond donors (Lipinski definition) is 1. The Balaban J connectivity index is 1.94. The van der Waals surface area contributed by atoms with E-state index in [1.54, 1.807) is 0 Å². The summed E-state index contributed by atoms with van der Waals surface area (Å²) < 4.78 is 1.85. The Morgan fingerprint density at radius 1 is 1.26 bits per heavy atom. The van der Waals surface area contributed by atoms with Crippen LogP contribution in [-0.4, -0.2) is 21.0 Å². The van der Waals surface area contributed by atoms with Gasteiger partial charge in [0.1, 0.15) is 0 Å². The van der Waals surface area contributed by atoms with Crippen molar-refractivity contribution in [3.8, 4) is 0 Å². The highest BCUT2D eigenvalue weighted by Crippen LogP contribution is 2.21. The minimum Gasteiger partial charge on any atom is -0.393 e. The maximum absolute atomic E-state index is 10.2. The Morgan fingerprint density at radius 2 is 1.95 bits per heavy atom. The first-order valence-electron chi connectivity index (χ1n) is 6.78. The van der Waals surface area contributed by atoms with Crippen LogP contribution in [0, 0.1) is 6.92 Å². The van der Waals surface area contributed by atoms with Gasteiger partial charge in [-0.3, -0.25) is 4.68 Å². The normalized spacial score (nSPS) is 14.3. The van der Waals surface area contributed by atoms with Gasteiger partial charge in [-0.05, 0) is 30.9 Å². The third-order valence-corrected chi connectivity index (χ3v) is 3.54. The van der Waals surface area contributed by atoms with Crippen LogP contribution in [-0.2, 0) is 13.5 Å². The molecule has 1 aromatic heterocycles. The smallest absolute Gasteiger partial charge is 0.0601 e. The first-order valence-corrected chi connectivity index (χ1v) is 6.78. The molecule has 0 spiro atoms. The van der Waals surface area contributed by atoms with Crippen LogP contribution in [0.1, 0.15) is 36.2 Å². The quantitative estimate of drug-likeness (QED) is 0.895. The van der Waals surface area contributed by atoms with Gasteiger partial charge in [-0.15, -0.1) is 0 Å². The van der Waals surface area contributed by atoms with Gasteiger partial charge in [0.25, 0.3) is 0 Å². The van der Waals surface area contributed by atoms with E-state index >= 15 is 0 Å². The highest BCUT2D eigenvalue weighted by Gasteiger charge is 2.14. The van der Waals surface area contributed by atoms with Crippen molar-refractivity contribution in [1.29, 1.82) is 0 Å². The molecule has 0 saturated carbocycles. The van der Waals surface area contributed by atoms with Crippen LogP contribution in [0.15, 0.2) is 36.4 Å². The number of aromatic nitrogens is 2.